The number of phenolic OH excluding ortho intramolecular Hbond substituents is 1. The van der Waals surface area contributed by atoms with Crippen molar-refractivity contribution < 1.29 is 24.2 Å². The van der Waals surface area contributed by atoms with Crippen molar-refractivity contribution in [1.29, 1.82) is 0 Å². The number of likely N-dealkylation sites (N-methyl/N-ethyl adjacent to an activating group) is 2. The highest BCUT2D eigenvalue weighted by molar-refractivity contribution is 5.92. The topological polar surface area (TPSA) is 91.3 Å². The quantitative estimate of drug-likeness (QED) is 0.749. The van der Waals surface area contributed by atoms with E-state index in [4.69, 9.17) is 9.47 Å². The summed E-state index contributed by atoms with van der Waals surface area (Å²) >= 11 is 0. The number of aromatic hydroxyl groups is 1. The highest BCUT2D eigenvalue weighted by Crippen LogP contribution is 2.53. The van der Waals surface area contributed by atoms with E-state index in [0.717, 1.165) is 11.3 Å². The van der Waals surface area contributed by atoms with Crippen molar-refractivity contribution in [2.24, 2.45) is 0 Å². The van der Waals surface area contributed by atoms with E-state index in [0.29, 0.717) is 12.3 Å². The first-order valence-corrected chi connectivity index (χ1v) is 9.73. The lowest BCUT2D eigenvalue weighted by Gasteiger charge is -2.34. The van der Waals surface area contributed by atoms with Crippen molar-refractivity contribution in [2.45, 2.75) is 24.6 Å². The second-order valence-corrected chi connectivity index (χ2v) is 7.94. The van der Waals surface area contributed by atoms with E-state index in [1.165, 1.54) is 13.1 Å². The van der Waals surface area contributed by atoms with Crippen molar-refractivity contribution >= 4 is 17.7 Å². The molecule has 2 aliphatic rings. The van der Waals surface area contributed by atoms with Gasteiger partial charge in [0.25, 0.3) is 0 Å². The van der Waals surface area contributed by atoms with Gasteiger partial charge in [-0.15, -0.1) is 0 Å². The van der Waals surface area contributed by atoms with Gasteiger partial charge in [-0.2, -0.15) is 0 Å². The Labute approximate surface area is 175 Å². The molecule has 0 radical (unpaired) electrons. The molecule has 0 saturated carbocycles. The third-order valence-electron chi connectivity index (χ3n) is 6.16. The SMILES string of the molecule is CNC(=O)Oc1ccc2c(c1)C1(C)C(OC(=O)c3ccccc3O)CN(C)C1N2C. The molecule has 2 N–H and O–H groups in total. The van der Waals surface area contributed by atoms with E-state index in [1.54, 1.807) is 24.3 Å². The minimum atomic E-state index is -0.567. The van der Waals surface area contributed by atoms with Gasteiger partial charge in [-0.3, -0.25) is 4.90 Å². The van der Waals surface area contributed by atoms with Gasteiger partial charge < -0.3 is 24.8 Å². The Hall–Kier alpha value is -3.26. The second kappa shape index (κ2) is 7.21. The molecule has 2 aromatic rings. The van der Waals surface area contributed by atoms with E-state index in [-0.39, 0.29) is 17.5 Å². The molecule has 30 heavy (non-hydrogen) atoms. The zero-order chi connectivity index (χ0) is 21.6. The van der Waals surface area contributed by atoms with Crippen LogP contribution < -0.4 is 15.0 Å². The van der Waals surface area contributed by atoms with Crippen LogP contribution in [0, 0.1) is 0 Å². The van der Waals surface area contributed by atoms with Crippen LogP contribution in [0.15, 0.2) is 42.5 Å². The van der Waals surface area contributed by atoms with E-state index < -0.39 is 23.6 Å². The van der Waals surface area contributed by atoms with Gasteiger partial charge in [0.15, 0.2) is 0 Å². The molecule has 3 atom stereocenters. The number of para-hydroxylation sites is 1. The third-order valence-corrected chi connectivity index (χ3v) is 6.16. The van der Waals surface area contributed by atoms with E-state index in [2.05, 4.69) is 22.0 Å². The van der Waals surface area contributed by atoms with Crippen LogP contribution in [0.4, 0.5) is 10.5 Å². The van der Waals surface area contributed by atoms with Gasteiger partial charge in [0.1, 0.15) is 23.2 Å². The number of hydrogen-bond acceptors (Lipinski definition) is 7. The minimum Gasteiger partial charge on any atom is -0.507 e. The van der Waals surface area contributed by atoms with Crippen LogP contribution >= 0.6 is 0 Å². The molecule has 0 bridgehead atoms. The Morgan fingerprint density at radius 1 is 1.20 bits per heavy atom. The Balaban J connectivity index is 1.70. The number of benzene rings is 2. The molecular formula is C22H25N3O5. The number of nitrogens with zero attached hydrogens (tertiary/aromatic N) is 2. The summed E-state index contributed by atoms with van der Waals surface area (Å²) in [7, 11) is 5.49. The van der Waals surface area contributed by atoms with Crippen LogP contribution in [-0.4, -0.2) is 62.0 Å². The monoisotopic (exact) mass is 411 g/mol. The maximum atomic E-state index is 12.8. The first kappa shape index (κ1) is 20.0. The predicted octanol–water partition coefficient (Wildman–Crippen LogP) is 2.32. The number of likely N-dealkylation sites (tertiary alicyclic amines) is 1. The lowest BCUT2D eigenvalue weighted by atomic mass is 9.79. The fourth-order valence-corrected chi connectivity index (χ4v) is 4.79. The van der Waals surface area contributed by atoms with Gasteiger partial charge in [-0.05, 0) is 49.9 Å². The Kier molecular flexibility index (Phi) is 4.82. The number of hydrogen-bond donors (Lipinski definition) is 2. The van der Waals surface area contributed by atoms with Gasteiger partial charge in [0.2, 0.25) is 0 Å². The molecule has 4 rings (SSSR count). The molecule has 0 aliphatic carbocycles. The Bertz CT molecular complexity index is 1010. The van der Waals surface area contributed by atoms with Crippen LogP contribution in [0.25, 0.3) is 0 Å². The van der Waals surface area contributed by atoms with E-state index >= 15 is 0 Å². The smallest absolute Gasteiger partial charge is 0.412 e. The van der Waals surface area contributed by atoms with Gasteiger partial charge in [0, 0.05) is 26.3 Å². The summed E-state index contributed by atoms with van der Waals surface area (Å²) in [6.45, 7) is 2.58. The predicted molar refractivity (Wildman–Crippen MR) is 111 cm³/mol. The maximum absolute atomic E-state index is 12.8. The molecule has 1 fully saturated rings. The zero-order valence-electron chi connectivity index (χ0n) is 17.4. The molecule has 0 spiro atoms. The molecule has 2 aliphatic heterocycles. The van der Waals surface area contributed by atoms with Crippen molar-refractivity contribution in [1.82, 2.24) is 10.2 Å². The second-order valence-electron chi connectivity index (χ2n) is 7.94. The summed E-state index contributed by atoms with van der Waals surface area (Å²) in [5, 5.41) is 12.5. The van der Waals surface area contributed by atoms with Crippen molar-refractivity contribution in [3.8, 4) is 11.5 Å². The van der Waals surface area contributed by atoms with Crippen LogP contribution in [-0.2, 0) is 10.2 Å². The molecule has 8 heteroatoms. The van der Waals surface area contributed by atoms with Crippen molar-refractivity contribution in [3.63, 3.8) is 0 Å². The minimum absolute atomic E-state index is 0.0371. The number of carbonyl (C=O) groups is 2. The largest absolute Gasteiger partial charge is 0.507 e. The molecule has 1 saturated heterocycles. The first-order valence-electron chi connectivity index (χ1n) is 9.73. The molecule has 158 valence electrons. The number of esters is 1. The number of nitrogens with one attached hydrogen (secondary N) is 1. The van der Waals surface area contributed by atoms with Gasteiger partial charge >= 0.3 is 12.1 Å². The molecule has 2 heterocycles. The number of fused-ring (bicyclic) bond motifs is 3. The highest BCUT2D eigenvalue weighted by atomic mass is 16.6. The molecule has 2 aromatic carbocycles. The van der Waals surface area contributed by atoms with Crippen LogP contribution in [0.2, 0.25) is 0 Å². The number of amides is 1. The summed E-state index contributed by atoms with van der Waals surface area (Å²) in [5.74, 6) is -0.258. The summed E-state index contributed by atoms with van der Waals surface area (Å²) in [6, 6.07) is 11.8. The fourth-order valence-electron chi connectivity index (χ4n) is 4.79. The normalized spacial score (nSPS) is 24.9. The summed E-state index contributed by atoms with van der Waals surface area (Å²) in [4.78, 5) is 28.8. The summed E-state index contributed by atoms with van der Waals surface area (Å²) in [5.41, 5.74) is 1.51. The fraction of sp³-hybridized carbons (Fsp3) is 0.364. The van der Waals surface area contributed by atoms with Gasteiger partial charge in [-0.1, -0.05) is 12.1 Å². The van der Waals surface area contributed by atoms with Gasteiger partial charge in [-0.25, -0.2) is 9.59 Å². The lowest BCUT2D eigenvalue weighted by molar-refractivity contribution is 0.0189. The van der Waals surface area contributed by atoms with Crippen LogP contribution in [0.3, 0.4) is 0 Å². The highest BCUT2D eigenvalue weighted by Gasteiger charge is 2.59. The Morgan fingerprint density at radius 2 is 1.93 bits per heavy atom. The lowest BCUT2D eigenvalue weighted by Crippen LogP contribution is -2.48. The molecule has 8 nitrogen and oxygen atoms in total. The number of rotatable bonds is 3. The van der Waals surface area contributed by atoms with Crippen LogP contribution in [0.5, 0.6) is 11.5 Å². The Morgan fingerprint density at radius 3 is 2.63 bits per heavy atom. The number of carbonyl (C=O) groups excluding carboxylic acids is 2. The average molecular weight is 411 g/mol. The van der Waals surface area contributed by atoms with Crippen molar-refractivity contribution in [3.05, 3.63) is 53.6 Å². The molecule has 1 amide bonds. The van der Waals surface area contributed by atoms with E-state index in [1.807, 2.05) is 26.2 Å². The van der Waals surface area contributed by atoms with E-state index in [9.17, 15) is 14.7 Å². The van der Waals surface area contributed by atoms with Crippen molar-refractivity contribution in [2.75, 3.05) is 32.6 Å². The van der Waals surface area contributed by atoms with Gasteiger partial charge in [0.05, 0.1) is 11.6 Å². The third kappa shape index (κ3) is 2.95. The molecule has 0 aromatic heterocycles. The number of phenols is 1. The molecular weight excluding hydrogens is 386 g/mol. The summed E-state index contributed by atoms with van der Waals surface area (Å²) in [6.07, 6.45) is -1.04. The first-order chi connectivity index (χ1) is 14.3. The number of anilines is 1. The molecule has 3 unspecified atom stereocenters. The maximum Gasteiger partial charge on any atom is 0.412 e. The average Bonchev–Trinajstić information content (AvgIpc) is 3.10. The number of ether oxygens (including phenoxy) is 2. The standard InChI is InChI=1S/C22H25N3O5/c1-22-15-11-13(29-21(28)23-2)9-10-16(15)25(4)20(22)24(3)12-18(22)30-19(27)14-7-5-6-8-17(14)26/h5-11,18,20,26H,12H2,1-4H3,(H,23,28). The summed E-state index contributed by atoms with van der Waals surface area (Å²) < 4.78 is 11.2. The van der Waals surface area contributed by atoms with Crippen LogP contribution in [0.1, 0.15) is 22.8 Å². The zero-order valence-corrected chi connectivity index (χ0v) is 17.4.